The molecule has 1 rings (SSSR count). The van der Waals surface area contributed by atoms with E-state index >= 15 is 0 Å². The Morgan fingerprint density at radius 3 is 1.93 bits per heavy atom. The van der Waals surface area contributed by atoms with Crippen molar-refractivity contribution in [2.24, 2.45) is 7.05 Å². The number of aromatic amines is 1. The maximum atomic E-state index is 8.24. The van der Waals surface area contributed by atoms with Crippen LogP contribution in [0.2, 0.25) is 0 Å². The van der Waals surface area contributed by atoms with E-state index in [1.807, 2.05) is 19.4 Å². The smallest absolute Gasteiger partial charge is 0.812 e. The maximum absolute atomic E-state index is 8.24. The molecule has 0 saturated carbocycles. The van der Waals surface area contributed by atoms with Gasteiger partial charge in [0.05, 0.1) is 7.05 Å². The van der Waals surface area contributed by atoms with Crippen LogP contribution in [0.15, 0.2) is 12.4 Å². The van der Waals surface area contributed by atoms with Crippen LogP contribution in [0.5, 0.6) is 0 Å². The van der Waals surface area contributed by atoms with E-state index in [0.29, 0.717) is 12.5 Å². The van der Waals surface area contributed by atoms with E-state index < -0.39 is 0 Å². The summed E-state index contributed by atoms with van der Waals surface area (Å²) in [6.07, 6.45) is 6.03. The zero-order valence-electron chi connectivity index (χ0n) is 9.02. The molecule has 1 aromatic rings. The molecule has 6 nitrogen and oxygen atoms in total. The van der Waals surface area contributed by atoms with Crippen molar-refractivity contribution in [1.29, 1.82) is 10.5 Å². The molecule has 0 atom stereocenters. The summed E-state index contributed by atoms with van der Waals surface area (Å²) in [4.78, 5) is 3.12. The second-order valence-corrected chi connectivity index (χ2v) is 2.05. The Morgan fingerprint density at radius 1 is 1.40 bits per heavy atom. The molecule has 0 spiro atoms. The third-order valence-corrected chi connectivity index (χ3v) is 1.31. The van der Waals surface area contributed by atoms with Gasteiger partial charge in [-0.15, -0.1) is 0 Å². The van der Waals surface area contributed by atoms with Gasteiger partial charge in [0, 0.05) is 18.9 Å². The number of imidazole rings is 1. The molecule has 1 aromatic heterocycles. The van der Waals surface area contributed by atoms with Gasteiger partial charge in [-0.3, -0.25) is 0 Å². The van der Waals surface area contributed by atoms with E-state index in [2.05, 4.69) is 16.5 Å². The van der Waals surface area contributed by atoms with Gasteiger partial charge in [0.25, 0.3) is 5.82 Å². The van der Waals surface area contributed by atoms with Gasteiger partial charge in [-0.05, 0) is 0 Å². The Morgan fingerprint density at radius 2 is 1.80 bits per heavy atom. The van der Waals surface area contributed by atoms with Crippen molar-refractivity contribution < 1.29 is 44.3 Å². The van der Waals surface area contributed by atoms with E-state index in [-0.39, 0.29) is 29.6 Å². The summed E-state index contributed by atoms with van der Waals surface area (Å²) < 4.78 is 2.08. The Hall–Kier alpha value is -1.21. The third-order valence-electron chi connectivity index (χ3n) is 1.31. The Bertz CT molecular complexity index is 301. The van der Waals surface area contributed by atoms with Crippen LogP contribution in [-0.2, 0) is 13.5 Å². The predicted octanol–water partition coefficient (Wildman–Crippen LogP) is -4.94. The molecule has 0 fully saturated rings. The minimum atomic E-state index is 0. The number of aromatic nitrogens is 2. The SMILES string of the molecule is CCc1[nH]cc[n+]1C.N#C[O-].N#C[O-].[Na+]. The van der Waals surface area contributed by atoms with Crippen molar-refractivity contribution in [3.8, 4) is 12.5 Å². The Balaban J connectivity index is -0.000000177. The van der Waals surface area contributed by atoms with Gasteiger partial charge >= 0.3 is 29.6 Å². The van der Waals surface area contributed by atoms with E-state index in [0.717, 1.165) is 6.42 Å². The van der Waals surface area contributed by atoms with Gasteiger partial charge in [-0.1, -0.05) is 6.92 Å². The second-order valence-electron chi connectivity index (χ2n) is 2.05. The molecule has 0 aromatic carbocycles. The number of hydrogen-bond donors (Lipinski definition) is 1. The molecule has 0 unspecified atom stereocenters. The van der Waals surface area contributed by atoms with Crippen LogP contribution < -0.4 is 44.3 Å². The standard InChI is InChI=1S/C6H10N2.2CHNO.Na/c1-3-6-7-4-5-8(6)2;2*2-1-3;/h4-5H,3H2,1-2H3;2*3H;/q;;;+1/p-1. The fourth-order valence-corrected chi connectivity index (χ4v) is 0.789. The molecular weight excluding hydrogens is 207 g/mol. The summed E-state index contributed by atoms with van der Waals surface area (Å²) in [6, 6.07) is 0. The van der Waals surface area contributed by atoms with Crippen molar-refractivity contribution in [2.45, 2.75) is 13.3 Å². The van der Waals surface area contributed by atoms with Crippen molar-refractivity contribution in [3.05, 3.63) is 18.2 Å². The normalized spacial score (nSPS) is 6.13. The summed E-state index contributed by atoms with van der Waals surface area (Å²) in [5, 5.41) is 30.0. The van der Waals surface area contributed by atoms with Crippen LogP contribution in [0.3, 0.4) is 0 Å². The number of hydrogen-bond acceptors (Lipinski definition) is 4. The van der Waals surface area contributed by atoms with Crippen molar-refractivity contribution in [3.63, 3.8) is 0 Å². The average molecular weight is 218 g/mol. The minimum Gasteiger partial charge on any atom is -0.812 e. The minimum absolute atomic E-state index is 0. The fourth-order valence-electron chi connectivity index (χ4n) is 0.789. The Kier molecular flexibility index (Phi) is 19.7. The summed E-state index contributed by atoms with van der Waals surface area (Å²) in [5.74, 6) is 1.27. The van der Waals surface area contributed by atoms with Crippen LogP contribution in [0, 0.1) is 23.0 Å². The van der Waals surface area contributed by atoms with Crippen LogP contribution in [0.1, 0.15) is 12.7 Å². The van der Waals surface area contributed by atoms with E-state index in [1.165, 1.54) is 5.82 Å². The first-order valence-electron chi connectivity index (χ1n) is 3.72. The summed E-state index contributed by atoms with van der Waals surface area (Å²) in [7, 11) is 2.04. The first kappa shape index (κ1) is 19.4. The predicted molar refractivity (Wildman–Crippen MR) is 42.6 cm³/mol. The molecule has 0 bridgehead atoms. The van der Waals surface area contributed by atoms with E-state index in [9.17, 15) is 0 Å². The topological polar surface area (TPSA) is 113 Å². The van der Waals surface area contributed by atoms with E-state index in [1.54, 1.807) is 0 Å². The molecule has 1 heterocycles. The van der Waals surface area contributed by atoms with Gasteiger partial charge in [0.15, 0.2) is 0 Å². The summed E-state index contributed by atoms with van der Waals surface area (Å²) in [6.45, 7) is 2.13. The largest absolute Gasteiger partial charge is 1.00 e. The molecule has 0 aliphatic heterocycles. The molecule has 0 amide bonds. The molecule has 1 N–H and O–H groups in total. The van der Waals surface area contributed by atoms with Crippen molar-refractivity contribution >= 4 is 0 Å². The molecule has 7 heteroatoms. The third kappa shape index (κ3) is 12.8. The van der Waals surface area contributed by atoms with Crippen LogP contribution in [-0.4, -0.2) is 4.98 Å². The van der Waals surface area contributed by atoms with E-state index in [4.69, 9.17) is 20.7 Å². The summed E-state index contributed by atoms with van der Waals surface area (Å²) in [5.41, 5.74) is 0. The molecule has 0 saturated heterocycles. The molecule has 15 heavy (non-hydrogen) atoms. The number of nitrogens with zero attached hydrogens (tertiary/aromatic N) is 3. The van der Waals surface area contributed by atoms with Crippen molar-refractivity contribution in [2.75, 3.05) is 0 Å². The number of H-pyrrole nitrogens is 1. The van der Waals surface area contributed by atoms with Crippen molar-refractivity contribution in [1.82, 2.24) is 4.98 Å². The quantitative estimate of drug-likeness (QED) is 0.289. The number of nitriles is 2. The Labute approximate surface area is 111 Å². The zero-order chi connectivity index (χ0) is 11.4. The first-order valence-corrected chi connectivity index (χ1v) is 3.72. The van der Waals surface area contributed by atoms with Crippen LogP contribution in [0.4, 0.5) is 0 Å². The summed E-state index contributed by atoms with van der Waals surface area (Å²) >= 11 is 0. The average Bonchev–Trinajstić information content (AvgIpc) is 2.53. The van der Waals surface area contributed by atoms with Gasteiger partial charge < -0.3 is 10.2 Å². The van der Waals surface area contributed by atoms with Crippen LogP contribution in [0.25, 0.3) is 0 Å². The molecule has 0 aliphatic rings. The fraction of sp³-hybridized carbons (Fsp3) is 0.375. The second kappa shape index (κ2) is 15.3. The van der Waals surface area contributed by atoms with Gasteiger partial charge in [-0.25, -0.2) is 20.1 Å². The zero-order valence-corrected chi connectivity index (χ0v) is 11.0. The monoisotopic (exact) mass is 218 g/mol. The van der Waals surface area contributed by atoms with Gasteiger partial charge in [-0.2, -0.15) is 0 Å². The number of nitrogens with one attached hydrogen (secondary N) is 1. The number of rotatable bonds is 1. The molecular formula is C8H11N4NaO2. The van der Waals surface area contributed by atoms with Crippen LogP contribution >= 0.6 is 0 Å². The first-order chi connectivity index (χ1) is 6.67. The number of aryl methyl sites for hydroxylation is 2. The van der Waals surface area contributed by atoms with Gasteiger partial charge in [0.1, 0.15) is 12.4 Å². The molecule has 76 valence electrons. The molecule has 0 radical (unpaired) electrons. The maximum Gasteiger partial charge on any atom is 1.00 e. The van der Waals surface area contributed by atoms with Gasteiger partial charge in [0.2, 0.25) is 0 Å². The molecule has 0 aliphatic carbocycles.